The third-order valence-corrected chi connectivity index (χ3v) is 2.35. The van der Waals surface area contributed by atoms with Gasteiger partial charge in [0, 0.05) is 0 Å². The predicted molar refractivity (Wildman–Crippen MR) is 33.6 cm³/mol. The van der Waals surface area contributed by atoms with Gasteiger partial charge in [-0.2, -0.15) is 4.99 Å². The zero-order valence-electron chi connectivity index (χ0n) is 4.46. The van der Waals surface area contributed by atoms with Crippen LogP contribution < -0.4 is 0 Å². The van der Waals surface area contributed by atoms with E-state index in [1.165, 1.54) is 6.42 Å². The lowest BCUT2D eigenvalue weighted by Gasteiger charge is -1.92. The average Bonchev–Trinajstić information content (AvgIpc) is 2.19. The minimum absolute atomic E-state index is 0.229. The molecule has 3 heteroatoms. The molecule has 1 heterocycles. The summed E-state index contributed by atoms with van der Waals surface area (Å²) in [6.07, 6.45) is 3.81. The van der Waals surface area contributed by atoms with Crippen LogP contribution in [0.3, 0.4) is 0 Å². The van der Waals surface area contributed by atoms with E-state index in [1.807, 2.05) is 0 Å². The molecule has 0 aromatic heterocycles. The molecule has 0 radical (unpaired) electrons. The van der Waals surface area contributed by atoms with Gasteiger partial charge in [0.05, 0.1) is 0 Å². The third kappa shape index (κ3) is 1.35. The van der Waals surface area contributed by atoms with Crippen molar-refractivity contribution in [3.05, 3.63) is 0 Å². The van der Waals surface area contributed by atoms with E-state index in [0.717, 1.165) is 12.2 Å². The van der Waals surface area contributed by atoms with Crippen molar-refractivity contribution in [1.82, 2.24) is 0 Å². The second-order valence-corrected chi connectivity index (χ2v) is 2.97. The second kappa shape index (κ2) is 2.90. The first-order valence-electron chi connectivity index (χ1n) is 2.62. The van der Waals surface area contributed by atoms with Crippen molar-refractivity contribution < 1.29 is 4.79 Å². The average molecular weight is 129 g/mol. The van der Waals surface area contributed by atoms with Crippen molar-refractivity contribution in [3.63, 3.8) is 0 Å². The third-order valence-electron chi connectivity index (χ3n) is 1.10. The molecule has 0 bridgehead atoms. The standard InChI is InChI=1S/C5H7NOS/c7-4-6-5-2-1-3-8-5/h5H,1-3H2. The summed E-state index contributed by atoms with van der Waals surface area (Å²) in [6.45, 7) is 0. The first-order chi connectivity index (χ1) is 3.93. The van der Waals surface area contributed by atoms with Crippen LogP contribution in [0.2, 0.25) is 0 Å². The summed E-state index contributed by atoms with van der Waals surface area (Å²) in [6, 6.07) is 0. The van der Waals surface area contributed by atoms with E-state index >= 15 is 0 Å². The number of hydrogen-bond acceptors (Lipinski definition) is 3. The minimum Gasteiger partial charge on any atom is -0.211 e. The number of isocyanates is 1. The van der Waals surface area contributed by atoms with Gasteiger partial charge in [-0.3, -0.25) is 0 Å². The number of carbonyl (C=O) groups excluding carboxylic acids is 1. The van der Waals surface area contributed by atoms with E-state index in [0.29, 0.717) is 0 Å². The van der Waals surface area contributed by atoms with Crippen LogP contribution in [0, 0.1) is 0 Å². The Morgan fingerprint density at radius 3 is 3.12 bits per heavy atom. The summed E-state index contributed by atoms with van der Waals surface area (Å²) >= 11 is 1.74. The summed E-state index contributed by atoms with van der Waals surface area (Å²) in [7, 11) is 0. The highest BCUT2D eigenvalue weighted by atomic mass is 32.2. The van der Waals surface area contributed by atoms with Gasteiger partial charge in [0.2, 0.25) is 6.08 Å². The Kier molecular flexibility index (Phi) is 2.12. The lowest BCUT2D eigenvalue weighted by Crippen LogP contribution is -1.87. The fourth-order valence-corrected chi connectivity index (χ4v) is 1.78. The molecule has 0 amide bonds. The van der Waals surface area contributed by atoms with Crippen LogP contribution in [-0.4, -0.2) is 17.2 Å². The van der Waals surface area contributed by atoms with E-state index in [9.17, 15) is 4.79 Å². The monoisotopic (exact) mass is 129 g/mol. The summed E-state index contributed by atoms with van der Waals surface area (Å²) in [5.41, 5.74) is 0. The normalized spacial score (nSPS) is 27.2. The molecule has 44 valence electrons. The van der Waals surface area contributed by atoms with Gasteiger partial charge in [-0.15, -0.1) is 11.8 Å². The first-order valence-corrected chi connectivity index (χ1v) is 3.67. The van der Waals surface area contributed by atoms with Crippen molar-refractivity contribution in [3.8, 4) is 0 Å². The SMILES string of the molecule is O=C=NC1CCCS1. The molecule has 8 heavy (non-hydrogen) atoms. The number of aliphatic imine (C=N–C) groups is 1. The zero-order valence-corrected chi connectivity index (χ0v) is 5.28. The van der Waals surface area contributed by atoms with Gasteiger partial charge >= 0.3 is 0 Å². The Hall–Kier alpha value is -0.270. The zero-order chi connectivity index (χ0) is 5.82. The Labute approximate surface area is 52.4 Å². The fraction of sp³-hybridized carbons (Fsp3) is 0.800. The van der Waals surface area contributed by atoms with Gasteiger partial charge in [-0.05, 0) is 18.6 Å². The Balaban J connectivity index is 2.35. The van der Waals surface area contributed by atoms with Crippen LogP contribution in [-0.2, 0) is 4.79 Å². The van der Waals surface area contributed by atoms with Crippen LogP contribution in [0.15, 0.2) is 4.99 Å². The highest BCUT2D eigenvalue weighted by molar-refractivity contribution is 8.00. The molecule has 0 aliphatic carbocycles. The first kappa shape index (κ1) is 5.86. The van der Waals surface area contributed by atoms with E-state index in [4.69, 9.17) is 0 Å². The maximum Gasteiger partial charge on any atom is 0.236 e. The molecule has 1 atom stereocenters. The van der Waals surface area contributed by atoms with Crippen LogP contribution in [0.1, 0.15) is 12.8 Å². The minimum atomic E-state index is 0.229. The summed E-state index contributed by atoms with van der Waals surface area (Å²) in [5.74, 6) is 1.15. The van der Waals surface area contributed by atoms with Crippen molar-refractivity contribution in [1.29, 1.82) is 0 Å². The van der Waals surface area contributed by atoms with Gasteiger partial charge < -0.3 is 0 Å². The molecule has 1 saturated heterocycles. The number of rotatable bonds is 1. The van der Waals surface area contributed by atoms with Crippen molar-refractivity contribution in [2.75, 3.05) is 5.75 Å². The van der Waals surface area contributed by atoms with E-state index < -0.39 is 0 Å². The molecule has 1 unspecified atom stereocenters. The molecule has 0 aromatic carbocycles. The smallest absolute Gasteiger partial charge is 0.211 e. The molecule has 0 spiro atoms. The largest absolute Gasteiger partial charge is 0.236 e. The van der Waals surface area contributed by atoms with E-state index in [-0.39, 0.29) is 5.37 Å². The van der Waals surface area contributed by atoms with Crippen LogP contribution in [0.5, 0.6) is 0 Å². The topological polar surface area (TPSA) is 29.4 Å². The maximum absolute atomic E-state index is 9.66. The molecule has 1 aliphatic rings. The summed E-state index contributed by atoms with van der Waals surface area (Å²) in [4.78, 5) is 13.2. The quantitative estimate of drug-likeness (QED) is 0.393. The van der Waals surface area contributed by atoms with Crippen molar-refractivity contribution in [2.45, 2.75) is 18.2 Å². The summed E-state index contributed by atoms with van der Waals surface area (Å²) < 4.78 is 0. The number of nitrogens with zero attached hydrogens (tertiary/aromatic N) is 1. The van der Waals surface area contributed by atoms with Crippen LogP contribution in [0.25, 0.3) is 0 Å². The Morgan fingerprint density at radius 2 is 2.62 bits per heavy atom. The fourth-order valence-electron chi connectivity index (χ4n) is 0.721. The molecule has 1 fully saturated rings. The molecular weight excluding hydrogens is 122 g/mol. The molecule has 0 aromatic rings. The Bertz CT molecular complexity index is 114. The van der Waals surface area contributed by atoms with Crippen LogP contribution >= 0.6 is 11.8 Å². The summed E-state index contributed by atoms with van der Waals surface area (Å²) in [5, 5.41) is 0.229. The van der Waals surface area contributed by atoms with Gasteiger partial charge in [-0.1, -0.05) is 0 Å². The second-order valence-electron chi connectivity index (χ2n) is 1.69. The molecule has 0 saturated carbocycles. The molecular formula is C5H7NOS. The van der Waals surface area contributed by atoms with Gasteiger partial charge in [-0.25, -0.2) is 4.79 Å². The molecule has 0 N–H and O–H groups in total. The number of hydrogen-bond donors (Lipinski definition) is 0. The lowest BCUT2D eigenvalue weighted by molar-refractivity contribution is 0.561. The highest BCUT2D eigenvalue weighted by Gasteiger charge is 2.12. The lowest BCUT2D eigenvalue weighted by atomic mass is 10.3. The molecule has 1 rings (SSSR count). The molecule has 1 aliphatic heterocycles. The van der Waals surface area contributed by atoms with Gasteiger partial charge in [0.1, 0.15) is 5.37 Å². The van der Waals surface area contributed by atoms with E-state index in [1.54, 1.807) is 17.8 Å². The Morgan fingerprint density at radius 1 is 1.75 bits per heavy atom. The van der Waals surface area contributed by atoms with E-state index in [2.05, 4.69) is 4.99 Å². The molecule has 2 nitrogen and oxygen atoms in total. The van der Waals surface area contributed by atoms with Gasteiger partial charge in [0.25, 0.3) is 0 Å². The van der Waals surface area contributed by atoms with Crippen molar-refractivity contribution >= 4 is 17.8 Å². The predicted octanol–water partition coefficient (Wildman–Crippen LogP) is 1.18. The van der Waals surface area contributed by atoms with Gasteiger partial charge in [0.15, 0.2) is 0 Å². The number of thioether (sulfide) groups is 1. The highest BCUT2D eigenvalue weighted by Crippen LogP contribution is 2.26. The maximum atomic E-state index is 9.66. The van der Waals surface area contributed by atoms with Crippen LogP contribution in [0.4, 0.5) is 0 Å². The van der Waals surface area contributed by atoms with Crippen molar-refractivity contribution in [2.24, 2.45) is 4.99 Å².